The summed E-state index contributed by atoms with van der Waals surface area (Å²) in [6.07, 6.45) is 1.27. The maximum atomic E-state index is 13.7. The number of allylic oxidation sites excluding steroid dienone is 2. The molecular weight excluding hydrogens is 361 g/mol. The third-order valence-corrected chi connectivity index (χ3v) is 4.17. The number of hydrogen-bond acceptors (Lipinski definition) is 5. The average Bonchev–Trinajstić information content (AvgIpc) is 2.56. The zero-order chi connectivity index (χ0) is 19.3. The number of aliphatic hydroxyl groups is 1. The van der Waals surface area contributed by atoms with Crippen molar-refractivity contribution >= 4 is 35.2 Å². The van der Waals surface area contributed by atoms with Crippen LogP contribution in [0.1, 0.15) is 12.8 Å². The van der Waals surface area contributed by atoms with Gasteiger partial charge in [-0.25, -0.2) is 4.39 Å². The van der Waals surface area contributed by atoms with Gasteiger partial charge in [0.1, 0.15) is 11.6 Å². The summed E-state index contributed by atoms with van der Waals surface area (Å²) in [6, 6.07) is 3.80. The molecule has 1 unspecified atom stereocenters. The summed E-state index contributed by atoms with van der Waals surface area (Å²) in [6.45, 7) is 1.21. The maximum absolute atomic E-state index is 13.7. The molecule has 140 valence electrons. The molecule has 6 nitrogen and oxygen atoms in total. The van der Waals surface area contributed by atoms with Gasteiger partial charge in [0.15, 0.2) is 5.78 Å². The van der Waals surface area contributed by atoms with Crippen LogP contribution in [-0.2, 0) is 9.59 Å². The topological polar surface area (TPSA) is 82.0 Å². The highest BCUT2D eigenvalue weighted by molar-refractivity contribution is 6.30. The predicted octanol–water partition coefficient (Wildman–Crippen LogP) is 2.84. The van der Waals surface area contributed by atoms with Crippen LogP contribution in [0, 0.1) is 11.7 Å². The first-order chi connectivity index (χ1) is 12.3. The van der Waals surface area contributed by atoms with Gasteiger partial charge < -0.3 is 15.3 Å². The molecule has 0 fully saturated rings. The number of nitrogens with zero attached hydrogens (tertiary/aromatic N) is 2. The van der Waals surface area contributed by atoms with E-state index in [2.05, 4.69) is 10.3 Å². The largest absolute Gasteiger partial charge is 0.511 e. The van der Waals surface area contributed by atoms with E-state index < -0.39 is 17.6 Å². The fraction of sp³-hybridized carbons (Fsp3) is 0.389. The number of carbonyl (C=O) groups is 2. The van der Waals surface area contributed by atoms with E-state index >= 15 is 0 Å². The lowest BCUT2D eigenvalue weighted by atomic mass is 9.87. The molecule has 26 heavy (non-hydrogen) atoms. The molecule has 0 heterocycles. The first-order valence-electron chi connectivity index (χ1n) is 8.13. The third kappa shape index (κ3) is 5.37. The molecule has 0 radical (unpaired) electrons. The number of rotatable bonds is 6. The van der Waals surface area contributed by atoms with Gasteiger partial charge in [0, 0.05) is 30.6 Å². The minimum absolute atomic E-state index is 0.00517. The summed E-state index contributed by atoms with van der Waals surface area (Å²) >= 11 is 5.79. The number of likely N-dealkylation sites (N-methyl/N-ethyl adjacent to an activating group) is 1. The van der Waals surface area contributed by atoms with E-state index in [-0.39, 0.29) is 40.7 Å². The van der Waals surface area contributed by atoms with Gasteiger partial charge >= 0.3 is 0 Å². The quantitative estimate of drug-likeness (QED) is 0.742. The second-order valence-electron chi connectivity index (χ2n) is 6.34. The Bertz CT molecular complexity index is 762. The van der Waals surface area contributed by atoms with Crippen molar-refractivity contribution in [3.63, 3.8) is 0 Å². The number of ketones is 1. The van der Waals surface area contributed by atoms with Crippen LogP contribution in [0.5, 0.6) is 0 Å². The fourth-order valence-electron chi connectivity index (χ4n) is 2.48. The Hall–Kier alpha value is -2.25. The standard InChI is InChI=1S/C18H21ClFN3O3/c1-23(2)6-5-21-10-13-16(24)7-11(8-17(13)25)18(26)22-15-9-12(19)3-4-14(15)20/h3-4,9-11,24H,5-8H2,1-2H3,(H,22,26). The van der Waals surface area contributed by atoms with E-state index in [0.29, 0.717) is 6.54 Å². The molecule has 0 aromatic heterocycles. The summed E-state index contributed by atoms with van der Waals surface area (Å²) in [5, 5.41) is 12.8. The molecule has 0 saturated carbocycles. The average molecular weight is 382 g/mol. The summed E-state index contributed by atoms with van der Waals surface area (Å²) in [5.41, 5.74) is 0.0659. The normalized spacial score (nSPS) is 18.0. The first kappa shape index (κ1) is 20.1. The second-order valence-corrected chi connectivity index (χ2v) is 6.78. The third-order valence-electron chi connectivity index (χ3n) is 3.94. The zero-order valence-corrected chi connectivity index (χ0v) is 15.4. The van der Waals surface area contributed by atoms with Crippen LogP contribution in [0.4, 0.5) is 10.1 Å². The maximum Gasteiger partial charge on any atom is 0.228 e. The Balaban J connectivity index is 2.04. The lowest BCUT2D eigenvalue weighted by Gasteiger charge is -2.21. The molecule has 2 rings (SSSR count). The zero-order valence-electron chi connectivity index (χ0n) is 14.6. The number of carbonyl (C=O) groups excluding carboxylic acids is 2. The number of aliphatic imine (C=N–C) groups is 1. The van der Waals surface area contributed by atoms with Crippen LogP contribution in [0.2, 0.25) is 5.02 Å². The van der Waals surface area contributed by atoms with Crippen molar-refractivity contribution < 1.29 is 19.1 Å². The molecule has 1 aromatic rings. The van der Waals surface area contributed by atoms with Crippen molar-refractivity contribution in [3.05, 3.63) is 40.4 Å². The number of anilines is 1. The summed E-state index contributed by atoms with van der Waals surface area (Å²) in [5.74, 6) is -2.50. The van der Waals surface area contributed by atoms with Crippen LogP contribution >= 0.6 is 11.6 Å². The van der Waals surface area contributed by atoms with Crippen molar-refractivity contribution in [2.24, 2.45) is 10.9 Å². The fourth-order valence-corrected chi connectivity index (χ4v) is 2.66. The van der Waals surface area contributed by atoms with E-state index in [0.717, 1.165) is 12.6 Å². The van der Waals surface area contributed by atoms with E-state index in [1.807, 2.05) is 19.0 Å². The van der Waals surface area contributed by atoms with Crippen LogP contribution in [-0.4, -0.2) is 55.1 Å². The molecule has 1 aliphatic rings. The van der Waals surface area contributed by atoms with Crippen LogP contribution in [0.3, 0.4) is 0 Å². The van der Waals surface area contributed by atoms with Crippen molar-refractivity contribution in [1.82, 2.24) is 4.90 Å². The van der Waals surface area contributed by atoms with E-state index in [4.69, 9.17) is 11.6 Å². The Morgan fingerprint density at radius 1 is 1.46 bits per heavy atom. The van der Waals surface area contributed by atoms with E-state index in [9.17, 15) is 19.1 Å². The molecule has 0 aliphatic heterocycles. The molecule has 1 amide bonds. The summed E-state index contributed by atoms with van der Waals surface area (Å²) in [7, 11) is 3.81. The number of amides is 1. The van der Waals surface area contributed by atoms with Crippen molar-refractivity contribution in [2.75, 3.05) is 32.5 Å². The van der Waals surface area contributed by atoms with Crippen LogP contribution < -0.4 is 5.32 Å². The molecule has 0 bridgehead atoms. The number of hydrogen-bond donors (Lipinski definition) is 2. The Kier molecular flexibility index (Phi) is 6.88. The van der Waals surface area contributed by atoms with Gasteiger partial charge in [-0.1, -0.05) is 11.6 Å². The number of nitrogens with one attached hydrogen (secondary N) is 1. The van der Waals surface area contributed by atoms with Gasteiger partial charge in [-0.05, 0) is 32.3 Å². The predicted molar refractivity (Wildman–Crippen MR) is 99.3 cm³/mol. The van der Waals surface area contributed by atoms with Gasteiger partial charge in [-0.2, -0.15) is 0 Å². The molecule has 1 aliphatic carbocycles. The van der Waals surface area contributed by atoms with Crippen molar-refractivity contribution in [2.45, 2.75) is 12.8 Å². The molecule has 1 atom stereocenters. The highest BCUT2D eigenvalue weighted by atomic mass is 35.5. The monoisotopic (exact) mass is 381 g/mol. The second kappa shape index (κ2) is 8.91. The van der Waals surface area contributed by atoms with Gasteiger partial charge in [-0.15, -0.1) is 0 Å². The van der Waals surface area contributed by atoms with Crippen LogP contribution in [0.25, 0.3) is 0 Å². The van der Waals surface area contributed by atoms with E-state index in [1.54, 1.807) is 0 Å². The number of halogens is 2. The molecule has 8 heteroatoms. The van der Waals surface area contributed by atoms with Gasteiger partial charge in [0.25, 0.3) is 0 Å². The lowest BCUT2D eigenvalue weighted by Crippen LogP contribution is -2.30. The SMILES string of the molecule is CN(C)CCN=CC1=C(O)CC(C(=O)Nc2cc(Cl)ccc2F)CC1=O. The first-order valence-corrected chi connectivity index (χ1v) is 8.51. The van der Waals surface area contributed by atoms with Gasteiger partial charge in [0.2, 0.25) is 5.91 Å². The Morgan fingerprint density at radius 3 is 2.85 bits per heavy atom. The Labute approximate surface area is 156 Å². The molecular formula is C18H21ClFN3O3. The molecule has 0 saturated heterocycles. The minimum atomic E-state index is -0.778. The van der Waals surface area contributed by atoms with Crippen LogP contribution in [0.15, 0.2) is 34.5 Å². The highest BCUT2D eigenvalue weighted by Gasteiger charge is 2.31. The van der Waals surface area contributed by atoms with Gasteiger partial charge in [-0.3, -0.25) is 14.6 Å². The molecule has 2 N–H and O–H groups in total. The molecule has 0 spiro atoms. The summed E-state index contributed by atoms with van der Waals surface area (Å²) in [4.78, 5) is 30.6. The van der Waals surface area contributed by atoms with E-state index in [1.165, 1.54) is 18.3 Å². The summed E-state index contributed by atoms with van der Waals surface area (Å²) < 4.78 is 13.7. The number of Topliss-reactive ketones (excluding diaryl/α,β-unsaturated/α-hetero) is 1. The Morgan fingerprint density at radius 2 is 2.19 bits per heavy atom. The highest BCUT2D eigenvalue weighted by Crippen LogP contribution is 2.27. The van der Waals surface area contributed by atoms with Crippen molar-refractivity contribution in [1.29, 1.82) is 0 Å². The minimum Gasteiger partial charge on any atom is -0.511 e. The van der Waals surface area contributed by atoms with Crippen molar-refractivity contribution in [3.8, 4) is 0 Å². The smallest absolute Gasteiger partial charge is 0.228 e. The molecule has 1 aromatic carbocycles. The lowest BCUT2D eigenvalue weighted by molar-refractivity contribution is -0.125. The van der Waals surface area contributed by atoms with Gasteiger partial charge in [0.05, 0.1) is 23.7 Å². The number of aliphatic hydroxyl groups excluding tert-OH is 1. The number of benzene rings is 1.